The van der Waals surface area contributed by atoms with Crippen molar-refractivity contribution in [2.24, 2.45) is 5.92 Å². The first-order chi connectivity index (χ1) is 9.67. The van der Waals surface area contributed by atoms with E-state index in [1.807, 2.05) is 4.90 Å². The maximum Gasteiger partial charge on any atom is 0.226 e. The number of carbonyl (C=O) groups excluding carboxylic acids is 1. The summed E-state index contributed by atoms with van der Waals surface area (Å²) in [6.07, 6.45) is 1.66. The first-order valence-corrected chi connectivity index (χ1v) is 7.18. The summed E-state index contributed by atoms with van der Waals surface area (Å²) in [7, 11) is 0. The second-order valence-electron chi connectivity index (χ2n) is 4.74. The van der Waals surface area contributed by atoms with Gasteiger partial charge in [-0.15, -0.1) is 6.58 Å². The molecule has 0 spiro atoms. The highest BCUT2D eigenvalue weighted by Gasteiger charge is 2.34. The molecule has 104 valence electrons. The summed E-state index contributed by atoms with van der Waals surface area (Å²) in [5.74, 6) is -0.204. The van der Waals surface area contributed by atoms with E-state index in [-0.39, 0.29) is 17.6 Å². The molecule has 1 amide bonds. The number of nitrogens with one attached hydrogen (secondary N) is 1. The van der Waals surface area contributed by atoms with Crippen molar-refractivity contribution in [2.75, 3.05) is 24.5 Å². The molecule has 0 aliphatic carbocycles. The molecule has 4 nitrogen and oxygen atoms in total. The van der Waals surface area contributed by atoms with Crippen LogP contribution in [0.3, 0.4) is 0 Å². The van der Waals surface area contributed by atoms with E-state index in [9.17, 15) is 9.18 Å². The fraction of sp³-hybridized carbons (Fsp3) is 0.286. The Labute approximate surface area is 119 Å². The normalized spacial score (nSPS) is 15.2. The summed E-state index contributed by atoms with van der Waals surface area (Å²) in [6, 6.07) is 4.58. The Morgan fingerprint density at radius 2 is 2.40 bits per heavy atom. The van der Waals surface area contributed by atoms with Crippen LogP contribution in [0.25, 0.3) is 10.2 Å². The Morgan fingerprint density at radius 1 is 1.60 bits per heavy atom. The number of rotatable bonds is 4. The molecule has 0 radical (unpaired) electrons. The van der Waals surface area contributed by atoms with Crippen molar-refractivity contribution in [2.45, 2.75) is 0 Å². The van der Waals surface area contributed by atoms with Gasteiger partial charge in [-0.3, -0.25) is 4.79 Å². The van der Waals surface area contributed by atoms with Crippen molar-refractivity contribution in [1.82, 2.24) is 10.3 Å². The van der Waals surface area contributed by atoms with Gasteiger partial charge in [0, 0.05) is 19.6 Å². The van der Waals surface area contributed by atoms with E-state index in [4.69, 9.17) is 0 Å². The molecule has 0 unspecified atom stereocenters. The second-order valence-corrected chi connectivity index (χ2v) is 5.75. The number of nitrogens with zero attached hydrogens (tertiary/aromatic N) is 2. The zero-order chi connectivity index (χ0) is 14.1. The Balaban J connectivity index is 1.66. The van der Waals surface area contributed by atoms with E-state index in [1.54, 1.807) is 12.1 Å². The number of thiazole rings is 1. The number of hydrogen-bond acceptors (Lipinski definition) is 4. The quantitative estimate of drug-likeness (QED) is 0.878. The van der Waals surface area contributed by atoms with Gasteiger partial charge in [0.15, 0.2) is 5.13 Å². The Bertz CT molecular complexity index is 663. The zero-order valence-electron chi connectivity index (χ0n) is 10.8. The smallest absolute Gasteiger partial charge is 0.226 e. The molecule has 0 atom stereocenters. The standard InChI is InChI=1S/C14H14FN3OS/c1-2-5-16-13(19)9-7-18(8-9)14-17-11-4-3-10(15)6-12(11)20-14/h2-4,6,9H,1,5,7-8H2,(H,16,19). The number of aromatic nitrogens is 1. The highest BCUT2D eigenvalue weighted by atomic mass is 32.1. The second kappa shape index (κ2) is 5.20. The van der Waals surface area contributed by atoms with E-state index >= 15 is 0 Å². The Kier molecular flexibility index (Phi) is 3.40. The highest BCUT2D eigenvalue weighted by Crippen LogP contribution is 2.33. The van der Waals surface area contributed by atoms with Gasteiger partial charge in [-0.1, -0.05) is 17.4 Å². The van der Waals surface area contributed by atoms with E-state index in [1.165, 1.54) is 23.5 Å². The maximum atomic E-state index is 13.1. The van der Waals surface area contributed by atoms with Crippen LogP contribution in [0.2, 0.25) is 0 Å². The molecule has 3 rings (SSSR count). The van der Waals surface area contributed by atoms with Gasteiger partial charge in [0.05, 0.1) is 16.1 Å². The lowest BCUT2D eigenvalue weighted by Gasteiger charge is -2.37. The van der Waals surface area contributed by atoms with Gasteiger partial charge in [-0.2, -0.15) is 0 Å². The molecule has 1 aliphatic heterocycles. The molecule has 6 heteroatoms. The SMILES string of the molecule is C=CCNC(=O)C1CN(c2nc3ccc(F)cc3s2)C1. The summed E-state index contributed by atoms with van der Waals surface area (Å²) in [4.78, 5) is 18.2. The highest BCUT2D eigenvalue weighted by molar-refractivity contribution is 7.22. The van der Waals surface area contributed by atoms with E-state index in [2.05, 4.69) is 16.9 Å². The van der Waals surface area contributed by atoms with Crippen molar-refractivity contribution >= 4 is 32.6 Å². The van der Waals surface area contributed by atoms with Crippen molar-refractivity contribution in [3.05, 3.63) is 36.7 Å². The lowest BCUT2D eigenvalue weighted by molar-refractivity contribution is -0.125. The predicted octanol–water partition coefficient (Wildman–Crippen LogP) is 2.17. The van der Waals surface area contributed by atoms with E-state index in [0.717, 1.165) is 15.3 Å². The van der Waals surface area contributed by atoms with Gasteiger partial charge in [-0.25, -0.2) is 9.37 Å². The number of hydrogen-bond donors (Lipinski definition) is 1. The summed E-state index contributed by atoms with van der Waals surface area (Å²) >= 11 is 1.45. The van der Waals surface area contributed by atoms with Crippen LogP contribution >= 0.6 is 11.3 Å². The van der Waals surface area contributed by atoms with Crippen molar-refractivity contribution < 1.29 is 9.18 Å². The number of fused-ring (bicyclic) bond motifs is 1. The lowest BCUT2D eigenvalue weighted by atomic mass is 10.0. The van der Waals surface area contributed by atoms with Crippen molar-refractivity contribution in [1.29, 1.82) is 0 Å². The average molecular weight is 291 g/mol. The molecule has 20 heavy (non-hydrogen) atoms. The molecule has 0 saturated carbocycles. The van der Waals surface area contributed by atoms with Gasteiger partial charge in [0.25, 0.3) is 0 Å². The topological polar surface area (TPSA) is 45.2 Å². The Morgan fingerprint density at radius 3 is 3.15 bits per heavy atom. The van der Waals surface area contributed by atoms with Crippen LogP contribution in [0, 0.1) is 11.7 Å². The molecule has 1 N–H and O–H groups in total. The molecule has 1 aliphatic rings. The molecule has 2 aromatic rings. The van der Waals surface area contributed by atoms with Gasteiger partial charge in [0.2, 0.25) is 5.91 Å². The molecule has 1 saturated heterocycles. The summed E-state index contributed by atoms with van der Waals surface area (Å²) in [5.41, 5.74) is 0.797. The van der Waals surface area contributed by atoms with Crippen LogP contribution in [-0.2, 0) is 4.79 Å². The third-order valence-electron chi connectivity index (χ3n) is 3.28. The summed E-state index contributed by atoms with van der Waals surface area (Å²) in [6.45, 7) is 5.38. The molecule has 1 aromatic carbocycles. The van der Waals surface area contributed by atoms with Gasteiger partial charge < -0.3 is 10.2 Å². The van der Waals surface area contributed by atoms with Crippen LogP contribution in [0.4, 0.5) is 9.52 Å². The van der Waals surface area contributed by atoms with E-state index < -0.39 is 0 Å². The minimum Gasteiger partial charge on any atom is -0.352 e. The number of amides is 1. The molecular weight excluding hydrogens is 277 g/mol. The minimum atomic E-state index is -0.252. The summed E-state index contributed by atoms with van der Waals surface area (Å²) in [5, 5.41) is 3.64. The molecule has 1 aromatic heterocycles. The zero-order valence-corrected chi connectivity index (χ0v) is 11.6. The molecule has 0 bridgehead atoms. The fourth-order valence-corrected chi connectivity index (χ4v) is 3.15. The summed E-state index contributed by atoms with van der Waals surface area (Å²) < 4.78 is 14.0. The molecule has 1 fully saturated rings. The largest absolute Gasteiger partial charge is 0.352 e. The third-order valence-corrected chi connectivity index (χ3v) is 4.36. The predicted molar refractivity (Wildman–Crippen MR) is 78.5 cm³/mol. The minimum absolute atomic E-state index is 0.00121. The van der Waals surface area contributed by atoms with Crippen LogP contribution < -0.4 is 10.2 Å². The fourth-order valence-electron chi connectivity index (χ4n) is 2.14. The first-order valence-electron chi connectivity index (χ1n) is 6.37. The monoisotopic (exact) mass is 291 g/mol. The van der Waals surface area contributed by atoms with Gasteiger partial charge in [0.1, 0.15) is 5.82 Å². The van der Waals surface area contributed by atoms with Crippen LogP contribution in [0.1, 0.15) is 0 Å². The van der Waals surface area contributed by atoms with Crippen LogP contribution in [-0.4, -0.2) is 30.5 Å². The average Bonchev–Trinajstić information content (AvgIpc) is 2.76. The number of carbonyl (C=O) groups is 1. The molecular formula is C14H14FN3OS. The van der Waals surface area contributed by atoms with Crippen LogP contribution in [0.15, 0.2) is 30.9 Å². The number of benzene rings is 1. The van der Waals surface area contributed by atoms with Gasteiger partial charge in [-0.05, 0) is 18.2 Å². The Hall–Kier alpha value is -1.95. The van der Waals surface area contributed by atoms with Crippen LogP contribution in [0.5, 0.6) is 0 Å². The van der Waals surface area contributed by atoms with Gasteiger partial charge >= 0.3 is 0 Å². The van der Waals surface area contributed by atoms with Crippen molar-refractivity contribution in [3.63, 3.8) is 0 Å². The lowest BCUT2D eigenvalue weighted by Crippen LogP contribution is -2.53. The van der Waals surface area contributed by atoms with E-state index in [0.29, 0.717) is 19.6 Å². The van der Waals surface area contributed by atoms with Crippen molar-refractivity contribution in [3.8, 4) is 0 Å². The number of anilines is 1. The number of halogens is 1. The molecule has 2 heterocycles. The first kappa shape index (κ1) is 13.1. The third kappa shape index (κ3) is 2.38. The maximum absolute atomic E-state index is 13.1.